The number of carbonyl (C=O) groups is 1. The molecule has 0 atom stereocenters. The molecule has 28 heavy (non-hydrogen) atoms. The molecular weight excluding hydrogens is 416 g/mol. The number of nitriles is 1. The van der Waals surface area contributed by atoms with Crippen molar-refractivity contribution in [2.24, 2.45) is 0 Å². The van der Waals surface area contributed by atoms with E-state index in [1.807, 2.05) is 48.7 Å². The van der Waals surface area contributed by atoms with E-state index in [0.29, 0.717) is 13.0 Å². The number of H-pyrrole nitrogens is 2. The van der Waals surface area contributed by atoms with E-state index in [9.17, 15) is 10.1 Å². The van der Waals surface area contributed by atoms with Gasteiger partial charge in [-0.05, 0) is 42.3 Å². The second kappa shape index (κ2) is 7.75. The number of amides is 1. The van der Waals surface area contributed by atoms with Crippen molar-refractivity contribution in [3.8, 4) is 6.07 Å². The van der Waals surface area contributed by atoms with Crippen LogP contribution in [0, 0.1) is 11.3 Å². The first-order valence-electron chi connectivity index (χ1n) is 8.87. The van der Waals surface area contributed by atoms with Crippen molar-refractivity contribution in [2.75, 3.05) is 6.54 Å². The zero-order valence-corrected chi connectivity index (χ0v) is 16.5. The number of hydrogen-bond acceptors (Lipinski definition) is 2. The van der Waals surface area contributed by atoms with Crippen LogP contribution < -0.4 is 5.32 Å². The lowest BCUT2D eigenvalue weighted by molar-refractivity contribution is -0.117. The van der Waals surface area contributed by atoms with Gasteiger partial charge in [0.25, 0.3) is 5.91 Å². The summed E-state index contributed by atoms with van der Waals surface area (Å²) in [6.07, 6.45) is 6.07. The Kier molecular flexibility index (Phi) is 5.00. The van der Waals surface area contributed by atoms with Gasteiger partial charge in [-0.2, -0.15) is 5.26 Å². The Morgan fingerprint density at radius 3 is 2.75 bits per heavy atom. The lowest BCUT2D eigenvalue weighted by Gasteiger charge is -2.04. The van der Waals surface area contributed by atoms with Crippen molar-refractivity contribution in [3.63, 3.8) is 0 Å². The fourth-order valence-corrected chi connectivity index (χ4v) is 3.64. The minimum atomic E-state index is -0.369. The molecule has 1 amide bonds. The molecule has 0 radical (unpaired) electrons. The summed E-state index contributed by atoms with van der Waals surface area (Å²) >= 11 is 3.45. The molecule has 0 spiro atoms. The molecule has 2 heterocycles. The standard InChI is InChI=1S/C22H17BrN4O/c23-17-5-6-21-19(10-17)16(13-27-21)9-15(11-24)22(28)25-8-7-14-12-26-20-4-2-1-3-18(14)20/h1-6,9-10,12-13,26-27H,7-8H2,(H,25,28)/b15-9-. The molecule has 0 unspecified atom stereocenters. The largest absolute Gasteiger partial charge is 0.361 e. The van der Waals surface area contributed by atoms with Gasteiger partial charge in [0.2, 0.25) is 0 Å². The number of fused-ring (bicyclic) bond motifs is 2. The van der Waals surface area contributed by atoms with Crippen molar-refractivity contribution in [1.29, 1.82) is 5.26 Å². The molecule has 0 saturated heterocycles. The van der Waals surface area contributed by atoms with Crippen LogP contribution in [0.3, 0.4) is 0 Å². The molecule has 0 bridgehead atoms. The topological polar surface area (TPSA) is 84.5 Å². The average molecular weight is 433 g/mol. The summed E-state index contributed by atoms with van der Waals surface area (Å²) in [5.74, 6) is -0.369. The third kappa shape index (κ3) is 3.57. The third-order valence-corrected chi connectivity index (χ3v) is 5.19. The van der Waals surface area contributed by atoms with Crippen LogP contribution in [0.4, 0.5) is 0 Å². The Labute approximate surface area is 170 Å². The Morgan fingerprint density at radius 2 is 1.89 bits per heavy atom. The number of nitrogens with zero attached hydrogens (tertiary/aromatic N) is 1. The summed E-state index contributed by atoms with van der Waals surface area (Å²) in [7, 11) is 0. The molecular formula is C22H17BrN4O. The van der Waals surface area contributed by atoms with Gasteiger partial charge >= 0.3 is 0 Å². The van der Waals surface area contributed by atoms with Crippen molar-refractivity contribution in [2.45, 2.75) is 6.42 Å². The number of carbonyl (C=O) groups excluding carboxylic acids is 1. The third-order valence-electron chi connectivity index (χ3n) is 4.70. The lowest BCUT2D eigenvalue weighted by atomic mass is 10.1. The predicted octanol–water partition coefficient (Wildman–Crippen LogP) is 4.68. The summed E-state index contributed by atoms with van der Waals surface area (Å²) in [6, 6.07) is 15.9. The van der Waals surface area contributed by atoms with Gasteiger partial charge in [-0.1, -0.05) is 34.1 Å². The molecule has 0 fully saturated rings. The highest BCUT2D eigenvalue weighted by Gasteiger charge is 2.11. The Morgan fingerprint density at radius 1 is 1.11 bits per heavy atom. The van der Waals surface area contributed by atoms with Gasteiger partial charge in [0.1, 0.15) is 11.6 Å². The monoisotopic (exact) mass is 432 g/mol. The van der Waals surface area contributed by atoms with E-state index in [4.69, 9.17) is 0 Å². The summed E-state index contributed by atoms with van der Waals surface area (Å²) in [5.41, 5.74) is 4.05. The van der Waals surface area contributed by atoms with Crippen LogP contribution in [0.2, 0.25) is 0 Å². The van der Waals surface area contributed by atoms with Crippen LogP contribution in [-0.2, 0) is 11.2 Å². The summed E-state index contributed by atoms with van der Waals surface area (Å²) < 4.78 is 0.941. The zero-order valence-electron chi connectivity index (χ0n) is 14.9. The second-order valence-corrected chi connectivity index (χ2v) is 7.38. The van der Waals surface area contributed by atoms with Gasteiger partial charge in [0, 0.05) is 50.8 Å². The predicted molar refractivity (Wildman–Crippen MR) is 115 cm³/mol. The number of nitrogens with one attached hydrogen (secondary N) is 3. The van der Waals surface area contributed by atoms with E-state index >= 15 is 0 Å². The SMILES string of the molecule is N#C/C(=C/c1c[nH]c2ccc(Br)cc12)C(=O)NCCc1c[nH]c2ccccc12. The van der Waals surface area contributed by atoms with Crippen molar-refractivity contribution in [1.82, 2.24) is 15.3 Å². The van der Waals surface area contributed by atoms with Gasteiger partial charge in [-0.15, -0.1) is 0 Å². The molecule has 4 aromatic rings. The Balaban J connectivity index is 1.47. The normalized spacial score (nSPS) is 11.6. The minimum absolute atomic E-state index is 0.0832. The van der Waals surface area contributed by atoms with Crippen LogP contribution in [-0.4, -0.2) is 22.4 Å². The number of benzene rings is 2. The average Bonchev–Trinajstić information content (AvgIpc) is 3.30. The maximum absolute atomic E-state index is 12.5. The highest BCUT2D eigenvalue weighted by Crippen LogP contribution is 2.24. The molecule has 0 saturated carbocycles. The van der Waals surface area contributed by atoms with Gasteiger partial charge in [0.05, 0.1) is 0 Å². The smallest absolute Gasteiger partial charge is 0.261 e. The Bertz CT molecular complexity index is 1240. The number of para-hydroxylation sites is 1. The molecule has 0 aliphatic heterocycles. The van der Waals surface area contributed by atoms with Gasteiger partial charge in [-0.25, -0.2) is 0 Å². The maximum Gasteiger partial charge on any atom is 0.261 e. The van der Waals surface area contributed by atoms with Crippen LogP contribution in [0.1, 0.15) is 11.1 Å². The molecule has 0 aliphatic rings. The van der Waals surface area contributed by atoms with Gasteiger partial charge < -0.3 is 15.3 Å². The number of halogens is 1. The van der Waals surface area contributed by atoms with E-state index < -0.39 is 0 Å². The van der Waals surface area contributed by atoms with E-state index in [0.717, 1.165) is 37.4 Å². The quantitative estimate of drug-likeness (QED) is 0.316. The number of hydrogen-bond donors (Lipinski definition) is 3. The van der Waals surface area contributed by atoms with Gasteiger partial charge in [0.15, 0.2) is 0 Å². The number of aromatic amines is 2. The first-order chi connectivity index (χ1) is 13.7. The maximum atomic E-state index is 12.5. The van der Waals surface area contributed by atoms with E-state index in [-0.39, 0.29) is 11.5 Å². The van der Waals surface area contributed by atoms with Crippen LogP contribution in [0.15, 0.2) is 64.9 Å². The first-order valence-corrected chi connectivity index (χ1v) is 9.66. The summed E-state index contributed by atoms with van der Waals surface area (Å²) in [6.45, 7) is 0.457. The second-order valence-electron chi connectivity index (χ2n) is 6.47. The minimum Gasteiger partial charge on any atom is -0.361 e. The molecule has 4 rings (SSSR count). The number of rotatable bonds is 5. The first kappa shape index (κ1) is 18.1. The van der Waals surface area contributed by atoms with Gasteiger partial charge in [-0.3, -0.25) is 4.79 Å². The molecule has 0 aliphatic carbocycles. The molecule has 138 valence electrons. The molecule has 6 heteroatoms. The summed E-state index contributed by atoms with van der Waals surface area (Å²) in [5, 5.41) is 14.4. The molecule has 2 aromatic carbocycles. The number of aromatic nitrogens is 2. The molecule has 3 N–H and O–H groups in total. The van der Waals surface area contributed by atoms with Crippen LogP contribution in [0.5, 0.6) is 0 Å². The van der Waals surface area contributed by atoms with Crippen LogP contribution >= 0.6 is 15.9 Å². The fourth-order valence-electron chi connectivity index (χ4n) is 3.28. The highest BCUT2D eigenvalue weighted by atomic mass is 79.9. The van der Waals surface area contributed by atoms with Crippen molar-refractivity contribution in [3.05, 3.63) is 76.0 Å². The van der Waals surface area contributed by atoms with Crippen molar-refractivity contribution < 1.29 is 4.79 Å². The molecule has 2 aromatic heterocycles. The van der Waals surface area contributed by atoms with Crippen molar-refractivity contribution >= 4 is 49.7 Å². The van der Waals surface area contributed by atoms with E-state index in [2.05, 4.69) is 37.3 Å². The van der Waals surface area contributed by atoms with E-state index in [1.165, 1.54) is 0 Å². The fraction of sp³-hybridized carbons (Fsp3) is 0.0909. The lowest BCUT2D eigenvalue weighted by Crippen LogP contribution is -2.26. The summed E-state index contributed by atoms with van der Waals surface area (Å²) in [4.78, 5) is 18.8. The highest BCUT2D eigenvalue weighted by molar-refractivity contribution is 9.10. The zero-order chi connectivity index (χ0) is 19.5. The van der Waals surface area contributed by atoms with E-state index in [1.54, 1.807) is 12.3 Å². The van der Waals surface area contributed by atoms with Crippen LogP contribution in [0.25, 0.3) is 27.9 Å². The Hall–Kier alpha value is -3.30. The molecule has 5 nitrogen and oxygen atoms in total.